The minimum Gasteiger partial charge on any atom is -0.463 e. The molecule has 0 spiro atoms. The molecule has 2 aromatic rings. The van der Waals surface area contributed by atoms with Gasteiger partial charge in [0.15, 0.2) is 22.2 Å². The van der Waals surface area contributed by atoms with Crippen molar-refractivity contribution in [3.05, 3.63) is 51.9 Å². The molecule has 1 saturated heterocycles. The van der Waals surface area contributed by atoms with Crippen LogP contribution in [0.25, 0.3) is 17.0 Å². The Morgan fingerprint density at radius 1 is 1.20 bits per heavy atom. The maximum atomic E-state index is 12.4. The highest BCUT2D eigenvalue weighted by Gasteiger charge is 2.37. The van der Waals surface area contributed by atoms with E-state index in [1.165, 1.54) is 12.3 Å². The molecule has 0 bridgehead atoms. The summed E-state index contributed by atoms with van der Waals surface area (Å²) in [5, 5.41) is 4.65. The van der Waals surface area contributed by atoms with E-state index in [2.05, 4.69) is 22.9 Å². The molecule has 2 heterocycles. The third kappa shape index (κ3) is 3.24. The second-order valence-electron chi connectivity index (χ2n) is 5.50. The summed E-state index contributed by atoms with van der Waals surface area (Å²) >= 11 is 4.67. The quantitative estimate of drug-likeness (QED) is 0.479. The number of rotatable bonds is 3. The number of carbonyl (C=O) groups is 3. The van der Waals surface area contributed by atoms with Crippen LogP contribution in [-0.4, -0.2) is 22.7 Å². The Labute approximate surface area is 146 Å². The SMILES string of the molecule is Cc1ccc2occ(/C=C/C(=O)C3C(=O)NC(=S)NC3=O)c(=O)c2c1. The van der Waals surface area contributed by atoms with E-state index >= 15 is 0 Å². The van der Waals surface area contributed by atoms with Gasteiger partial charge in [-0.3, -0.25) is 19.2 Å². The first-order chi connectivity index (χ1) is 11.9. The van der Waals surface area contributed by atoms with Crippen molar-refractivity contribution in [2.45, 2.75) is 6.92 Å². The fourth-order valence-electron chi connectivity index (χ4n) is 2.42. The van der Waals surface area contributed by atoms with Gasteiger partial charge in [-0.15, -0.1) is 0 Å². The zero-order valence-corrected chi connectivity index (χ0v) is 13.8. The molecule has 1 aliphatic rings. The van der Waals surface area contributed by atoms with Crippen LogP contribution in [0.2, 0.25) is 0 Å². The summed E-state index contributed by atoms with van der Waals surface area (Å²) in [5.41, 5.74) is 1.15. The highest BCUT2D eigenvalue weighted by molar-refractivity contribution is 7.80. The Balaban J connectivity index is 1.90. The Morgan fingerprint density at radius 2 is 1.88 bits per heavy atom. The van der Waals surface area contributed by atoms with E-state index in [-0.39, 0.29) is 16.1 Å². The van der Waals surface area contributed by atoms with Gasteiger partial charge >= 0.3 is 0 Å². The molecular weight excluding hydrogens is 344 g/mol. The molecule has 0 unspecified atom stereocenters. The molecule has 2 N–H and O–H groups in total. The average molecular weight is 356 g/mol. The van der Waals surface area contributed by atoms with Crippen LogP contribution in [0.4, 0.5) is 0 Å². The van der Waals surface area contributed by atoms with Crippen molar-refractivity contribution >= 4 is 52.0 Å². The molecule has 126 valence electrons. The monoisotopic (exact) mass is 356 g/mol. The molecule has 0 atom stereocenters. The maximum Gasteiger partial charge on any atom is 0.246 e. The summed E-state index contributed by atoms with van der Waals surface area (Å²) in [6, 6.07) is 5.18. The van der Waals surface area contributed by atoms with E-state index in [1.807, 2.05) is 13.0 Å². The van der Waals surface area contributed by atoms with Crippen molar-refractivity contribution in [3.8, 4) is 0 Å². The molecule has 0 radical (unpaired) electrons. The van der Waals surface area contributed by atoms with E-state index in [4.69, 9.17) is 4.42 Å². The van der Waals surface area contributed by atoms with Crippen LogP contribution < -0.4 is 16.1 Å². The van der Waals surface area contributed by atoms with E-state index in [0.29, 0.717) is 11.0 Å². The first kappa shape index (κ1) is 16.7. The summed E-state index contributed by atoms with van der Waals surface area (Å²) in [7, 11) is 0. The number of ketones is 1. The van der Waals surface area contributed by atoms with Gasteiger partial charge in [0.2, 0.25) is 11.8 Å². The first-order valence-corrected chi connectivity index (χ1v) is 7.67. The van der Waals surface area contributed by atoms with Crippen molar-refractivity contribution in [3.63, 3.8) is 0 Å². The molecule has 8 heteroatoms. The van der Waals surface area contributed by atoms with Gasteiger partial charge in [0.05, 0.1) is 10.9 Å². The summed E-state index contributed by atoms with van der Waals surface area (Å²) in [6.07, 6.45) is 3.45. The summed E-state index contributed by atoms with van der Waals surface area (Å²) in [5.74, 6) is -3.91. The standard InChI is InChI=1S/C17H12N2O5S/c1-8-2-5-12-10(6-8)14(21)9(7-24-12)3-4-11(20)13-15(22)18-17(25)19-16(13)23/h2-7,13H,1H3,(H2,18,19,22,23,25)/b4-3+. The fourth-order valence-corrected chi connectivity index (χ4v) is 2.62. The fraction of sp³-hybridized carbons (Fsp3) is 0.118. The molecule has 1 aromatic heterocycles. The Morgan fingerprint density at radius 3 is 2.56 bits per heavy atom. The number of amides is 2. The largest absolute Gasteiger partial charge is 0.463 e. The lowest BCUT2D eigenvalue weighted by Crippen LogP contribution is -2.57. The predicted octanol–water partition coefficient (Wildman–Crippen LogP) is 0.831. The Hall–Kier alpha value is -3.13. The van der Waals surface area contributed by atoms with Crippen molar-refractivity contribution in [1.29, 1.82) is 0 Å². The Kier molecular flexibility index (Phi) is 4.28. The number of fused-ring (bicyclic) bond motifs is 1. The van der Waals surface area contributed by atoms with E-state index in [1.54, 1.807) is 12.1 Å². The average Bonchev–Trinajstić information content (AvgIpc) is 2.54. The van der Waals surface area contributed by atoms with E-state index < -0.39 is 23.5 Å². The molecule has 1 fully saturated rings. The second kappa shape index (κ2) is 6.40. The lowest BCUT2D eigenvalue weighted by Gasteiger charge is -2.20. The van der Waals surface area contributed by atoms with Gasteiger partial charge in [-0.25, -0.2) is 0 Å². The number of hydrogen-bond acceptors (Lipinski definition) is 6. The molecule has 1 aromatic carbocycles. The van der Waals surface area contributed by atoms with Gasteiger partial charge in [0.25, 0.3) is 0 Å². The number of allylic oxidation sites excluding steroid dienone is 1. The molecule has 25 heavy (non-hydrogen) atoms. The van der Waals surface area contributed by atoms with Gasteiger partial charge < -0.3 is 15.1 Å². The van der Waals surface area contributed by atoms with Crippen LogP contribution >= 0.6 is 12.2 Å². The topological polar surface area (TPSA) is 105 Å². The van der Waals surface area contributed by atoms with Gasteiger partial charge in [-0.05, 0) is 43.4 Å². The number of thiocarbonyl (C=S) groups is 1. The molecular formula is C17H12N2O5S. The number of carbonyl (C=O) groups excluding carboxylic acids is 3. The molecule has 7 nitrogen and oxygen atoms in total. The number of nitrogens with one attached hydrogen (secondary N) is 2. The van der Waals surface area contributed by atoms with Gasteiger partial charge in [-0.2, -0.15) is 0 Å². The van der Waals surface area contributed by atoms with Crippen molar-refractivity contribution in [1.82, 2.24) is 10.6 Å². The third-order valence-electron chi connectivity index (χ3n) is 3.66. The summed E-state index contributed by atoms with van der Waals surface area (Å²) < 4.78 is 5.37. The highest BCUT2D eigenvalue weighted by Crippen LogP contribution is 2.14. The number of hydrogen-bond donors (Lipinski definition) is 2. The minimum absolute atomic E-state index is 0.138. The second-order valence-corrected chi connectivity index (χ2v) is 5.90. The van der Waals surface area contributed by atoms with Gasteiger partial charge in [0, 0.05) is 0 Å². The Bertz CT molecular complexity index is 1000. The number of benzene rings is 1. The van der Waals surface area contributed by atoms with Crippen LogP contribution in [0.3, 0.4) is 0 Å². The lowest BCUT2D eigenvalue weighted by molar-refractivity contribution is -0.140. The van der Waals surface area contributed by atoms with Gasteiger partial charge in [0.1, 0.15) is 11.8 Å². The lowest BCUT2D eigenvalue weighted by atomic mass is 9.99. The van der Waals surface area contributed by atoms with Gasteiger partial charge in [-0.1, -0.05) is 11.6 Å². The first-order valence-electron chi connectivity index (χ1n) is 7.26. The smallest absolute Gasteiger partial charge is 0.246 e. The third-order valence-corrected chi connectivity index (χ3v) is 3.87. The van der Waals surface area contributed by atoms with Crippen LogP contribution in [-0.2, 0) is 14.4 Å². The van der Waals surface area contributed by atoms with Crippen LogP contribution in [0, 0.1) is 12.8 Å². The van der Waals surface area contributed by atoms with Crippen molar-refractivity contribution in [2.24, 2.45) is 5.92 Å². The van der Waals surface area contributed by atoms with Crippen LogP contribution in [0.1, 0.15) is 11.1 Å². The van der Waals surface area contributed by atoms with Crippen LogP contribution in [0.15, 0.2) is 39.7 Å². The molecule has 2 amide bonds. The predicted molar refractivity (Wildman–Crippen MR) is 93.6 cm³/mol. The maximum absolute atomic E-state index is 12.4. The van der Waals surface area contributed by atoms with E-state index in [9.17, 15) is 19.2 Å². The number of aryl methyl sites for hydroxylation is 1. The minimum atomic E-state index is -1.54. The van der Waals surface area contributed by atoms with Crippen LogP contribution in [0.5, 0.6) is 0 Å². The normalized spacial score (nSPS) is 15.5. The molecule has 0 saturated carbocycles. The summed E-state index contributed by atoms with van der Waals surface area (Å²) in [6.45, 7) is 1.84. The summed E-state index contributed by atoms with van der Waals surface area (Å²) in [4.78, 5) is 48.1. The zero-order valence-electron chi connectivity index (χ0n) is 13.0. The molecule has 3 rings (SSSR count). The molecule has 1 aliphatic heterocycles. The van der Waals surface area contributed by atoms with Crippen molar-refractivity contribution < 1.29 is 18.8 Å². The van der Waals surface area contributed by atoms with E-state index in [0.717, 1.165) is 11.6 Å². The zero-order chi connectivity index (χ0) is 18.1. The molecule has 0 aliphatic carbocycles. The highest BCUT2D eigenvalue weighted by atomic mass is 32.1. The van der Waals surface area contributed by atoms with Crippen molar-refractivity contribution in [2.75, 3.05) is 0 Å².